The van der Waals surface area contributed by atoms with Gasteiger partial charge in [0, 0.05) is 18.7 Å². The fraction of sp³-hybridized carbons (Fsp3) is 0.154. The van der Waals surface area contributed by atoms with Crippen LogP contribution in [0.25, 0.3) is 5.00 Å². The summed E-state index contributed by atoms with van der Waals surface area (Å²) in [7, 11) is 0. The summed E-state index contributed by atoms with van der Waals surface area (Å²) in [5.74, 6) is 0.175. The highest BCUT2D eigenvalue weighted by molar-refractivity contribution is 7.16. The number of carbonyl (C=O) groups is 1. The first kappa shape index (κ1) is 21.7. The molecule has 0 saturated heterocycles. The van der Waals surface area contributed by atoms with Gasteiger partial charge in [-0.1, -0.05) is 42.5 Å². The van der Waals surface area contributed by atoms with E-state index >= 15 is 0 Å². The van der Waals surface area contributed by atoms with Crippen molar-refractivity contribution in [2.45, 2.75) is 26.4 Å². The maximum absolute atomic E-state index is 13.3. The quantitative estimate of drug-likeness (QED) is 0.324. The first-order chi connectivity index (χ1) is 15.5. The van der Waals surface area contributed by atoms with E-state index in [-0.39, 0.29) is 23.6 Å². The number of benzene rings is 2. The molecule has 0 radical (unpaired) electrons. The second-order valence-corrected chi connectivity index (χ2v) is 8.53. The van der Waals surface area contributed by atoms with Gasteiger partial charge in [-0.15, -0.1) is 11.3 Å². The molecular formula is C26H22FNO3S. The van der Waals surface area contributed by atoms with Crippen LogP contribution in [0.5, 0.6) is 5.75 Å². The zero-order valence-electron chi connectivity index (χ0n) is 17.6. The van der Waals surface area contributed by atoms with E-state index in [0.29, 0.717) is 28.7 Å². The van der Waals surface area contributed by atoms with Gasteiger partial charge in [-0.3, -0.25) is 14.2 Å². The second kappa shape index (κ2) is 9.75. The van der Waals surface area contributed by atoms with Gasteiger partial charge in [0.1, 0.15) is 23.2 Å². The summed E-state index contributed by atoms with van der Waals surface area (Å²) < 4.78 is 20.6. The number of hydrogen-bond acceptors (Lipinski definition) is 4. The molecule has 0 aliphatic rings. The molecule has 6 heteroatoms. The van der Waals surface area contributed by atoms with Crippen LogP contribution in [0.15, 0.2) is 83.8 Å². The highest BCUT2D eigenvalue weighted by atomic mass is 32.1. The van der Waals surface area contributed by atoms with E-state index in [1.165, 1.54) is 34.1 Å². The number of hydrogen-bond donors (Lipinski definition) is 0. The van der Waals surface area contributed by atoms with Crippen LogP contribution in [0.4, 0.5) is 4.39 Å². The predicted octanol–water partition coefficient (Wildman–Crippen LogP) is 5.74. The number of thiophene rings is 1. The number of rotatable bonds is 8. The lowest BCUT2D eigenvalue weighted by molar-refractivity contribution is 0.0986. The average molecular weight is 448 g/mol. The summed E-state index contributed by atoms with van der Waals surface area (Å²) in [5, 5.41) is 0.677. The molecule has 0 atom stereocenters. The van der Waals surface area contributed by atoms with Crippen molar-refractivity contribution < 1.29 is 13.9 Å². The van der Waals surface area contributed by atoms with Crippen LogP contribution in [0, 0.1) is 12.7 Å². The van der Waals surface area contributed by atoms with Crippen LogP contribution in [-0.2, 0) is 13.0 Å². The van der Waals surface area contributed by atoms with Crippen LogP contribution < -0.4 is 10.3 Å². The molecule has 32 heavy (non-hydrogen) atoms. The van der Waals surface area contributed by atoms with Gasteiger partial charge in [0.2, 0.25) is 0 Å². The molecular weight excluding hydrogens is 425 g/mol. The monoisotopic (exact) mass is 447 g/mol. The number of carbonyl (C=O) groups excluding carboxylic acids is 1. The Morgan fingerprint density at radius 1 is 1.00 bits per heavy atom. The zero-order chi connectivity index (χ0) is 22.5. The van der Waals surface area contributed by atoms with Gasteiger partial charge in [0.15, 0.2) is 5.78 Å². The molecule has 2 heterocycles. The van der Waals surface area contributed by atoms with Crippen LogP contribution in [0.3, 0.4) is 0 Å². The van der Waals surface area contributed by atoms with Gasteiger partial charge in [-0.25, -0.2) is 4.39 Å². The van der Waals surface area contributed by atoms with Gasteiger partial charge in [-0.05, 0) is 54.3 Å². The van der Waals surface area contributed by atoms with Crippen molar-refractivity contribution in [1.29, 1.82) is 0 Å². The number of ether oxygens (including phenoxy) is 1. The Hall–Kier alpha value is -3.51. The maximum atomic E-state index is 13.3. The standard InChI is InChI=1S/C26H22FNO3S/c1-18-14-25(32-26(18)23(29)11-10-19-8-5-9-21(27)15-19)28-13-12-22(16-24(28)30)31-17-20-6-3-2-4-7-20/h2-9,12-16H,10-11,17H2,1H3. The summed E-state index contributed by atoms with van der Waals surface area (Å²) in [5.41, 5.74) is 2.41. The lowest BCUT2D eigenvalue weighted by Gasteiger charge is -2.07. The molecule has 0 spiro atoms. The lowest BCUT2D eigenvalue weighted by atomic mass is 10.1. The summed E-state index contributed by atoms with van der Waals surface area (Å²) >= 11 is 1.29. The van der Waals surface area contributed by atoms with Crippen molar-refractivity contribution in [2.24, 2.45) is 0 Å². The third-order valence-electron chi connectivity index (χ3n) is 5.06. The van der Waals surface area contributed by atoms with Crippen molar-refractivity contribution in [3.05, 3.63) is 117 Å². The number of Topliss-reactive ketones (excluding diaryl/α,β-unsaturated/α-hetero) is 1. The Morgan fingerprint density at radius 2 is 1.78 bits per heavy atom. The SMILES string of the molecule is Cc1cc(-n2ccc(OCc3ccccc3)cc2=O)sc1C(=O)CCc1cccc(F)c1. The molecule has 0 aliphatic heterocycles. The molecule has 162 valence electrons. The Morgan fingerprint density at radius 3 is 2.53 bits per heavy atom. The van der Waals surface area contributed by atoms with E-state index in [1.54, 1.807) is 18.3 Å². The lowest BCUT2D eigenvalue weighted by Crippen LogP contribution is -2.15. The molecule has 0 unspecified atom stereocenters. The van der Waals surface area contributed by atoms with E-state index in [0.717, 1.165) is 16.7 Å². The second-order valence-electron chi connectivity index (χ2n) is 7.49. The molecule has 0 aliphatic carbocycles. The molecule has 0 amide bonds. The highest BCUT2D eigenvalue weighted by Gasteiger charge is 2.15. The normalized spacial score (nSPS) is 10.8. The molecule has 4 nitrogen and oxygen atoms in total. The smallest absolute Gasteiger partial charge is 0.259 e. The molecule has 4 aromatic rings. The number of nitrogens with zero attached hydrogens (tertiary/aromatic N) is 1. The van der Waals surface area contributed by atoms with Crippen molar-refractivity contribution in [3.63, 3.8) is 0 Å². The van der Waals surface area contributed by atoms with Crippen molar-refractivity contribution in [3.8, 4) is 10.8 Å². The average Bonchev–Trinajstić information content (AvgIpc) is 3.18. The summed E-state index contributed by atoms with van der Waals surface area (Å²) in [6.45, 7) is 2.24. The number of aromatic nitrogens is 1. The van der Waals surface area contributed by atoms with Gasteiger partial charge < -0.3 is 4.74 Å². The molecule has 4 rings (SSSR count). The molecule has 0 N–H and O–H groups in total. The minimum atomic E-state index is -0.305. The third kappa shape index (κ3) is 5.21. The Bertz CT molecular complexity index is 1290. The van der Waals surface area contributed by atoms with Crippen LogP contribution >= 0.6 is 11.3 Å². The van der Waals surface area contributed by atoms with Gasteiger partial charge >= 0.3 is 0 Å². The number of ketones is 1. The number of pyridine rings is 1. The van der Waals surface area contributed by atoms with E-state index in [4.69, 9.17) is 4.74 Å². The van der Waals surface area contributed by atoms with Crippen LogP contribution in [-0.4, -0.2) is 10.4 Å². The van der Waals surface area contributed by atoms with Gasteiger partial charge in [0.25, 0.3) is 5.56 Å². The van der Waals surface area contributed by atoms with Gasteiger partial charge in [-0.2, -0.15) is 0 Å². The minimum absolute atomic E-state index is 0.0149. The topological polar surface area (TPSA) is 48.3 Å². The third-order valence-corrected chi connectivity index (χ3v) is 6.34. The molecule has 0 fully saturated rings. The van der Waals surface area contributed by atoms with Crippen molar-refractivity contribution in [1.82, 2.24) is 4.57 Å². The van der Waals surface area contributed by atoms with Crippen LogP contribution in [0.2, 0.25) is 0 Å². The highest BCUT2D eigenvalue weighted by Crippen LogP contribution is 2.27. The first-order valence-corrected chi connectivity index (χ1v) is 11.1. The molecule has 0 saturated carbocycles. The molecule has 2 aromatic heterocycles. The van der Waals surface area contributed by atoms with E-state index in [2.05, 4.69) is 0 Å². The van der Waals surface area contributed by atoms with Crippen LogP contribution in [0.1, 0.15) is 32.8 Å². The Labute approximate surface area is 189 Å². The maximum Gasteiger partial charge on any atom is 0.259 e. The summed E-state index contributed by atoms with van der Waals surface area (Å²) in [6, 6.07) is 21.0. The largest absolute Gasteiger partial charge is 0.489 e. The summed E-state index contributed by atoms with van der Waals surface area (Å²) in [4.78, 5) is 26.0. The van der Waals surface area contributed by atoms with E-state index in [1.807, 2.05) is 49.4 Å². The number of aryl methyl sites for hydroxylation is 2. The Balaban J connectivity index is 1.45. The Kier molecular flexibility index (Phi) is 6.61. The minimum Gasteiger partial charge on any atom is -0.489 e. The first-order valence-electron chi connectivity index (χ1n) is 10.3. The molecule has 0 bridgehead atoms. The summed E-state index contributed by atoms with van der Waals surface area (Å²) in [6.07, 6.45) is 2.41. The van der Waals surface area contributed by atoms with Crippen molar-refractivity contribution >= 4 is 17.1 Å². The van der Waals surface area contributed by atoms with E-state index < -0.39 is 0 Å². The zero-order valence-corrected chi connectivity index (χ0v) is 18.4. The fourth-order valence-electron chi connectivity index (χ4n) is 3.40. The van der Waals surface area contributed by atoms with Gasteiger partial charge in [0.05, 0.1) is 4.88 Å². The van der Waals surface area contributed by atoms with Crippen molar-refractivity contribution in [2.75, 3.05) is 0 Å². The van der Waals surface area contributed by atoms with E-state index in [9.17, 15) is 14.0 Å². The number of halogens is 1. The molecule has 2 aromatic carbocycles. The fourth-order valence-corrected chi connectivity index (χ4v) is 4.53. The predicted molar refractivity (Wildman–Crippen MR) is 124 cm³/mol.